The van der Waals surface area contributed by atoms with Gasteiger partial charge in [0.1, 0.15) is 11.5 Å². The molecule has 2 unspecified atom stereocenters. The zero-order valence-electron chi connectivity index (χ0n) is 12.8. The second-order valence-electron chi connectivity index (χ2n) is 5.51. The highest BCUT2D eigenvalue weighted by atomic mass is 16.2. The molecule has 1 aromatic heterocycles. The van der Waals surface area contributed by atoms with Gasteiger partial charge in [-0.3, -0.25) is 9.69 Å². The van der Waals surface area contributed by atoms with Gasteiger partial charge in [0.05, 0.1) is 0 Å². The van der Waals surface area contributed by atoms with Gasteiger partial charge in [-0.2, -0.15) is 0 Å². The van der Waals surface area contributed by atoms with Crippen LogP contribution in [0.1, 0.15) is 31.3 Å². The molecule has 1 N–H and O–H groups in total. The summed E-state index contributed by atoms with van der Waals surface area (Å²) in [4.78, 5) is 21.2. The summed E-state index contributed by atoms with van der Waals surface area (Å²) in [5, 5.41) is 3.14. The number of carbonyl (C=O) groups is 1. The number of hydrogen-bond acceptors (Lipinski definition) is 4. The van der Waals surface area contributed by atoms with E-state index in [0.29, 0.717) is 17.8 Å². The van der Waals surface area contributed by atoms with E-state index in [9.17, 15) is 4.79 Å². The summed E-state index contributed by atoms with van der Waals surface area (Å²) >= 11 is 0. The molecule has 5 nitrogen and oxygen atoms in total. The number of piperazine rings is 1. The van der Waals surface area contributed by atoms with Crippen LogP contribution in [0, 0.1) is 0 Å². The quantitative estimate of drug-likeness (QED) is 0.912. The number of amides is 1. The summed E-state index contributed by atoms with van der Waals surface area (Å²) < 4.78 is 0. The van der Waals surface area contributed by atoms with Gasteiger partial charge >= 0.3 is 0 Å². The fourth-order valence-electron chi connectivity index (χ4n) is 2.57. The Balaban J connectivity index is 2.13. The van der Waals surface area contributed by atoms with E-state index in [1.54, 1.807) is 6.07 Å². The molecule has 0 aliphatic carbocycles. The zero-order valence-corrected chi connectivity index (χ0v) is 12.8. The maximum Gasteiger partial charge on any atom is 0.272 e. The molecule has 2 rings (SSSR count). The Hall–Kier alpha value is -1.62. The molecule has 1 aliphatic rings. The summed E-state index contributed by atoms with van der Waals surface area (Å²) in [6.07, 6.45) is 0. The molecule has 1 aliphatic heterocycles. The van der Waals surface area contributed by atoms with E-state index < -0.39 is 0 Å². The van der Waals surface area contributed by atoms with Gasteiger partial charge in [0, 0.05) is 31.7 Å². The van der Waals surface area contributed by atoms with Crippen LogP contribution in [0.15, 0.2) is 18.2 Å². The van der Waals surface area contributed by atoms with Gasteiger partial charge in [-0.05, 0) is 40.0 Å². The maximum absolute atomic E-state index is 12.6. The predicted molar refractivity (Wildman–Crippen MR) is 81.0 cm³/mol. The zero-order chi connectivity index (χ0) is 14.7. The molecule has 5 heteroatoms. The average Bonchev–Trinajstić information content (AvgIpc) is 2.44. The molecule has 20 heavy (non-hydrogen) atoms. The minimum atomic E-state index is 0.0246. The van der Waals surface area contributed by atoms with E-state index in [1.165, 1.54) is 0 Å². The van der Waals surface area contributed by atoms with E-state index in [2.05, 4.69) is 36.1 Å². The molecule has 1 amide bonds. The van der Waals surface area contributed by atoms with E-state index in [0.717, 1.165) is 25.5 Å². The van der Waals surface area contributed by atoms with Crippen LogP contribution in [0.5, 0.6) is 0 Å². The van der Waals surface area contributed by atoms with Crippen LogP contribution < -0.4 is 5.32 Å². The second-order valence-corrected chi connectivity index (χ2v) is 5.51. The van der Waals surface area contributed by atoms with E-state index in [1.807, 2.05) is 24.0 Å². The third kappa shape index (κ3) is 3.10. The lowest BCUT2D eigenvalue weighted by Gasteiger charge is -2.42. The van der Waals surface area contributed by atoms with Gasteiger partial charge in [-0.15, -0.1) is 0 Å². The third-order valence-electron chi connectivity index (χ3n) is 3.97. The molecule has 1 fully saturated rings. The van der Waals surface area contributed by atoms with Crippen LogP contribution in [0.25, 0.3) is 0 Å². The second kappa shape index (κ2) is 6.22. The molecular formula is C15H24N4O. The van der Waals surface area contributed by atoms with E-state index >= 15 is 0 Å². The molecule has 1 saturated heterocycles. The van der Waals surface area contributed by atoms with Gasteiger partial charge < -0.3 is 10.2 Å². The first kappa shape index (κ1) is 14.8. The molecule has 0 saturated carbocycles. The summed E-state index contributed by atoms with van der Waals surface area (Å²) in [5.41, 5.74) is 0.521. The predicted octanol–water partition coefficient (Wildman–Crippen LogP) is 1.68. The highest BCUT2D eigenvalue weighted by Crippen LogP contribution is 2.16. The van der Waals surface area contributed by atoms with Crippen LogP contribution >= 0.6 is 0 Å². The van der Waals surface area contributed by atoms with Crippen molar-refractivity contribution < 1.29 is 4.79 Å². The number of anilines is 1. The molecule has 2 heterocycles. The summed E-state index contributed by atoms with van der Waals surface area (Å²) in [7, 11) is 2.11. The van der Waals surface area contributed by atoms with Crippen molar-refractivity contribution in [3.8, 4) is 0 Å². The Labute approximate surface area is 121 Å². The first-order valence-corrected chi connectivity index (χ1v) is 7.25. The maximum atomic E-state index is 12.6. The topological polar surface area (TPSA) is 48.5 Å². The lowest BCUT2D eigenvalue weighted by Crippen LogP contribution is -2.56. The molecular weight excluding hydrogens is 252 g/mol. The van der Waals surface area contributed by atoms with Crippen molar-refractivity contribution in [1.29, 1.82) is 0 Å². The summed E-state index contributed by atoms with van der Waals surface area (Å²) in [6.45, 7) is 8.63. The minimum absolute atomic E-state index is 0.0246. The number of rotatable bonds is 3. The van der Waals surface area contributed by atoms with Crippen molar-refractivity contribution in [2.24, 2.45) is 0 Å². The molecule has 1 aromatic rings. The summed E-state index contributed by atoms with van der Waals surface area (Å²) in [5.74, 6) is 0.783. The van der Waals surface area contributed by atoms with Crippen molar-refractivity contribution in [3.63, 3.8) is 0 Å². The van der Waals surface area contributed by atoms with Crippen molar-refractivity contribution in [1.82, 2.24) is 14.8 Å². The van der Waals surface area contributed by atoms with Crippen LogP contribution in [0.4, 0.5) is 5.82 Å². The molecule has 0 radical (unpaired) electrons. The first-order valence-electron chi connectivity index (χ1n) is 7.25. The molecule has 0 aromatic carbocycles. The first-order chi connectivity index (χ1) is 9.52. The third-order valence-corrected chi connectivity index (χ3v) is 3.97. The Morgan fingerprint density at radius 2 is 2.00 bits per heavy atom. The van der Waals surface area contributed by atoms with Crippen molar-refractivity contribution in [2.45, 2.75) is 32.9 Å². The number of likely N-dealkylation sites (N-methyl/N-ethyl adjacent to an activating group) is 1. The molecule has 0 bridgehead atoms. The monoisotopic (exact) mass is 276 g/mol. The standard InChI is InChI=1S/C15H24N4O/c1-5-16-14-8-6-7-13(17-14)15(20)19-9-11(2)18(4)12(3)10-19/h6-8,11-12H,5,9-10H2,1-4H3,(H,16,17). The number of aromatic nitrogens is 1. The smallest absolute Gasteiger partial charge is 0.272 e. The van der Waals surface area contributed by atoms with Gasteiger partial charge in [-0.1, -0.05) is 6.07 Å². The number of nitrogens with one attached hydrogen (secondary N) is 1. The van der Waals surface area contributed by atoms with Crippen LogP contribution in [-0.4, -0.2) is 59.5 Å². The highest BCUT2D eigenvalue weighted by Gasteiger charge is 2.30. The van der Waals surface area contributed by atoms with Crippen LogP contribution in [0.3, 0.4) is 0 Å². The Kier molecular flexibility index (Phi) is 4.60. The lowest BCUT2D eigenvalue weighted by atomic mass is 10.1. The fraction of sp³-hybridized carbons (Fsp3) is 0.600. The highest BCUT2D eigenvalue weighted by molar-refractivity contribution is 5.92. The van der Waals surface area contributed by atoms with Gasteiger partial charge in [0.25, 0.3) is 5.91 Å². The van der Waals surface area contributed by atoms with Gasteiger partial charge in [0.2, 0.25) is 0 Å². The Morgan fingerprint density at radius 3 is 2.60 bits per heavy atom. The number of hydrogen-bond donors (Lipinski definition) is 1. The SMILES string of the molecule is CCNc1cccc(C(=O)N2CC(C)N(C)C(C)C2)n1. The molecule has 110 valence electrons. The van der Waals surface area contributed by atoms with Gasteiger partial charge in [-0.25, -0.2) is 4.98 Å². The Bertz CT molecular complexity index is 465. The van der Waals surface area contributed by atoms with E-state index in [4.69, 9.17) is 0 Å². The number of carbonyl (C=O) groups excluding carboxylic acids is 1. The van der Waals surface area contributed by atoms with Crippen LogP contribution in [-0.2, 0) is 0 Å². The normalized spacial score (nSPS) is 23.7. The van der Waals surface area contributed by atoms with Crippen molar-refractivity contribution in [3.05, 3.63) is 23.9 Å². The molecule has 2 atom stereocenters. The van der Waals surface area contributed by atoms with Crippen molar-refractivity contribution >= 4 is 11.7 Å². The van der Waals surface area contributed by atoms with Crippen molar-refractivity contribution in [2.75, 3.05) is 32.0 Å². The largest absolute Gasteiger partial charge is 0.370 e. The Morgan fingerprint density at radius 1 is 1.35 bits per heavy atom. The average molecular weight is 276 g/mol. The fourth-order valence-corrected chi connectivity index (χ4v) is 2.57. The summed E-state index contributed by atoms with van der Waals surface area (Å²) in [6, 6.07) is 6.30. The van der Waals surface area contributed by atoms with Gasteiger partial charge in [0.15, 0.2) is 0 Å². The number of pyridine rings is 1. The van der Waals surface area contributed by atoms with E-state index in [-0.39, 0.29) is 5.91 Å². The minimum Gasteiger partial charge on any atom is -0.370 e. The van der Waals surface area contributed by atoms with Crippen LogP contribution in [0.2, 0.25) is 0 Å². The number of nitrogens with zero attached hydrogens (tertiary/aromatic N) is 3. The lowest BCUT2D eigenvalue weighted by molar-refractivity contribution is 0.0409. The molecule has 0 spiro atoms.